The van der Waals surface area contributed by atoms with Crippen LogP contribution in [0.15, 0.2) is 0 Å². The number of nitrogen functional groups attached to an aromatic ring is 1. The first-order valence-electron chi connectivity index (χ1n) is 3.97. The van der Waals surface area contributed by atoms with E-state index in [1.807, 2.05) is 6.92 Å². The van der Waals surface area contributed by atoms with E-state index in [-0.39, 0.29) is 11.4 Å². The van der Waals surface area contributed by atoms with E-state index in [0.29, 0.717) is 5.13 Å². The van der Waals surface area contributed by atoms with Crippen molar-refractivity contribution in [3.8, 4) is 0 Å². The van der Waals surface area contributed by atoms with Gasteiger partial charge in [0.25, 0.3) is 0 Å². The molecule has 1 rings (SSSR count). The Hall–Kier alpha value is -0.330. The maximum Gasteiger partial charge on any atom is 0.203 e. The minimum Gasteiger partial charge on any atom is -0.392 e. The molecule has 74 valence electrons. The number of aliphatic hydroxyl groups is 1. The Bertz CT molecular complexity index is 264. The molecule has 0 radical (unpaired) electrons. The van der Waals surface area contributed by atoms with E-state index in [1.165, 1.54) is 11.3 Å². The van der Waals surface area contributed by atoms with E-state index in [0.717, 1.165) is 10.8 Å². The minimum absolute atomic E-state index is 0.213. The lowest BCUT2D eigenvalue weighted by molar-refractivity contribution is 0.196. The number of hydrogen-bond acceptors (Lipinski definition) is 6. The summed E-state index contributed by atoms with van der Waals surface area (Å²) < 4.78 is 0. The molecular weight excluding hydrogens is 206 g/mol. The highest BCUT2D eigenvalue weighted by Crippen LogP contribution is 2.22. The first kappa shape index (κ1) is 10.7. The van der Waals surface area contributed by atoms with Gasteiger partial charge in [0.05, 0.1) is 6.10 Å². The highest BCUT2D eigenvalue weighted by molar-refractivity contribution is 7.99. The fourth-order valence-electron chi connectivity index (χ4n) is 0.667. The number of aliphatic hydroxyl groups excluding tert-OH is 1. The van der Waals surface area contributed by atoms with E-state index in [1.54, 1.807) is 18.7 Å². The first-order chi connectivity index (χ1) is 6.09. The summed E-state index contributed by atoms with van der Waals surface area (Å²) in [4.78, 5) is 0. The molecule has 0 saturated carbocycles. The maximum atomic E-state index is 9.23. The quantitative estimate of drug-likeness (QED) is 0.794. The van der Waals surface area contributed by atoms with Crippen molar-refractivity contribution in [3.63, 3.8) is 0 Å². The molecule has 2 atom stereocenters. The second-order valence-corrected chi connectivity index (χ2v) is 5.25. The SMILES string of the molecule is CC(O)C(C)SCc1nnc(N)s1. The summed E-state index contributed by atoms with van der Waals surface area (Å²) in [5, 5.41) is 18.4. The molecule has 4 nitrogen and oxygen atoms in total. The lowest BCUT2D eigenvalue weighted by Gasteiger charge is -2.12. The second kappa shape index (κ2) is 4.78. The summed E-state index contributed by atoms with van der Waals surface area (Å²) in [5.41, 5.74) is 5.43. The summed E-state index contributed by atoms with van der Waals surface area (Å²) in [6, 6.07) is 0. The van der Waals surface area contributed by atoms with Gasteiger partial charge in [0.1, 0.15) is 5.01 Å². The Morgan fingerprint density at radius 1 is 1.54 bits per heavy atom. The van der Waals surface area contributed by atoms with Crippen molar-refractivity contribution in [2.24, 2.45) is 0 Å². The lowest BCUT2D eigenvalue weighted by Crippen LogP contribution is -2.15. The Kier molecular flexibility index (Phi) is 3.95. The van der Waals surface area contributed by atoms with Crippen LogP contribution >= 0.6 is 23.1 Å². The zero-order valence-corrected chi connectivity index (χ0v) is 9.23. The van der Waals surface area contributed by atoms with Crippen LogP contribution in [0.3, 0.4) is 0 Å². The average Bonchev–Trinajstić information content (AvgIpc) is 2.47. The summed E-state index contributed by atoms with van der Waals surface area (Å²) >= 11 is 3.05. The van der Waals surface area contributed by atoms with Crippen molar-refractivity contribution in [1.82, 2.24) is 10.2 Å². The van der Waals surface area contributed by atoms with Gasteiger partial charge in [0.15, 0.2) is 0 Å². The van der Waals surface area contributed by atoms with Gasteiger partial charge in [-0.05, 0) is 6.92 Å². The van der Waals surface area contributed by atoms with E-state index in [9.17, 15) is 5.11 Å². The van der Waals surface area contributed by atoms with Crippen LogP contribution in [0, 0.1) is 0 Å². The standard InChI is InChI=1S/C7H13N3OS2/c1-4(11)5(2)12-3-6-9-10-7(8)13-6/h4-5,11H,3H2,1-2H3,(H2,8,10). The number of hydrogen-bond donors (Lipinski definition) is 2. The smallest absolute Gasteiger partial charge is 0.203 e. The molecule has 0 bridgehead atoms. The second-order valence-electron chi connectivity index (χ2n) is 2.79. The number of rotatable bonds is 4. The number of thioether (sulfide) groups is 1. The molecule has 0 saturated heterocycles. The van der Waals surface area contributed by atoms with Crippen LogP contribution in [0.2, 0.25) is 0 Å². The van der Waals surface area contributed by atoms with Crippen LogP contribution in [0.5, 0.6) is 0 Å². The fraction of sp³-hybridized carbons (Fsp3) is 0.714. The molecule has 0 spiro atoms. The van der Waals surface area contributed by atoms with Crippen LogP contribution in [0.4, 0.5) is 5.13 Å². The molecule has 1 aromatic heterocycles. The van der Waals surface area contributed by atoms with Gasteiger partial charge in [-0.25, -0.2) is 0 Å². The highest BCUT2D eigenvalue weighted by Gasteiger charge is 2.10. The van der Waals surface area contributed by atoms with Crippen molar-refractivity contribution >= 4 is 28.2 Å². The Morgan fingerprint density at radius 3 is 2.69 bits per heavy atom. The van der Waals surface area contributed by atoms with Gasteiger partial charge in [-0.1, -0.05) is 18.3 Å². The summed E-state index contributed by atoms with van der Waals surface area (Å²) in [6.07, 6.45) is -0.296. The van der Waals surface area contributed by atoms with Gasteiger partial charge in [0, 0.05) is 11.0 Å². The molecule has 1 aromatic rings. The molecule has 3 N–H and O–H groups in total. The Labute approximate surface area is 85.6 Å². The third kappa shape index (κ3) is 3.50. The summed E-state index contributed by atoms with van der Waals surface area (Å²) in [7, 11) is 0. The van der Waals surface area contributed by atoms with E-state index >= 15 is 0 Å². The zero-order valence-electron chi connectivity index (χ0n) is 7.60. The molecule has 0 aliphatic rings. The minimum atomic E-state index is -0.296. The number of nitrogens with zero attached hydrogens (tertiary/aromatic N) is 2. The molecule has 0 fully saturated rings. The largest absolute Gasteiger partial charge is 0.392 e. The molecule has 0 aliphatic carbocycles. The van der Waals surface area contributed by atoms with Gasteiger partial charge in [-0.15, -0.1) is 22.0 Å². The van der Waals surface area contributed by atoms with Crippen LogP contribution in [-0.4, -0.2) is 26.7 Å². The van der Waals surface area contributed by atoms with Crippen molar-refractivity contribution in [2.45, 2.75) is 31.0 Å². The first-order valence-corrected chi connectivity index (χ1v) is 5.83. The monoisotopic (exact) mass is 219 g/mol. The average molecular weight is 219 g/mol. The third-order valence-corrected chi connectivity index (χ3v) is 3.93. The number of aromatic nitrogens is 2. The Balaban J connectivity index is 2.35. The van der Waals surface area contributed by atoms with Crippen LogP contribution in [0.1, 0.15) is 18.9 Å². The van der Waals surface area contributed by atoms with E-state index < -0.39 is 0 Å². The lowest BCUT2D eigenvalue weighted by atomic mass is 10.3. The highest BCUT2D eigenvalue weighted by atomic mass is 32.2. The zero-order chi connectivity index (χ0) is 9.84. The normalized spacial score (nSPS) is 15.6. The molecule has 0 amide bonds. The summed E-state index contributed by atoms with van der Waals surface area (Å²) in [5.74, 6) is 0.765. The van der Waals surface area contributed by atoms with Gasteiger partial charge in [0.2, 0.25) is 5.13 Å². The molecular formula is C7H13N3OS2. The summed E-state index contributed by atoms with van der Waals surface area (Å²) in [6.45, 7) is 3.77. The topological polar surface area (TPSA) is 72.0 Å². The van der Waals surface area contributed by atoms with Gasteiger partial charge in [-0.3, -0.25) is 0 Å². The molecule has 2 unspecified atom stereocenters. The van der Waals surface area contributed by atoms with Crippen molar-refractivity contribution in [1.29, 1.82) is 0 Å². The maximum absolute atomic E-state index is 9.23. The molecule has 0 aliphatic heterocycles. The van der Waals surface area contributed by atoms with Gasteiger partial charge >= 0.3 is 0 Å². The number of anilines is 1. The van der Waals surface area contributed by atoms with Crippen LogP contribution in [0.25, 0.3) is 0 Å². The van der Waals surface area contributed by atoms with Crippen molar-refractivity contribution < 1.29 is 5.11 Å². The van der Waals surface area contributed by atoms with E-state index in [4.69, 9.17) is 5.73 Å². The van der Waals surface area contributed by atoms with Gasteiger partial charge < -0.3 is 10.8 Å². The molecule has 1 heterocycles. The fourth-order valence-corrected chi connectivity index (χ4v) is 2.25. The molecule has 6 heteroatoms. The van der Waals surface area contributed by atoms with E-state index in [2.05, 4.69) is 10.2 Å². The Morgan fingerprint density at radius 2 is 2.23 bits per heavy atom. The van der Waals surface area contributed by atoms with Gasteiger partial charge in [-0.2, -0.15) is 0 Å². The van der Waals surface area contributed by atoms with Crippen molar-refractivity contribution in [2.75, 3.05) is 5.73 Å². The third-order valence-electron chi connectivity index (χ3n) is 1.63. The van der Waals surface area contributed by atoms with Crippen LogP contribution < -0.4 is 5.73 Å². The number of nitrogens with two attached hydrogens (primary N) is 1. The molecule has 13 heavy (non-hydrogen) atoms. The predicted octanol–water partition coefficient (Wildman–Crippen LogP) is 1.12. The predicted molar refractivity (Wildman–Crippen MR) is 56.8 cm³/mol. The van der Waals surface area contributed by atoms with Crippen LogP contribution in [-0.2, 0) is 5.75 Å². The molecule has 0 aromatic carbocycles. The van der Waals surface area contributed by atoms with Crippen molar-refractivity contribution in [3.05, 3.63) is 5.01 Å².